The normalized spacial score (nSPS) is 14.2. The highest BCUT2D eigenvalue weighted by Crippen LogP contribution is 2.40. The Kier molecular flexibility index (Phi) is 9.88. The van der Waals surface area contributed by atoms with Crippen molar-refractivity contribution in [1.29, 1.82) is 0 Å². The molecule has 0 spiro atoms. The van der Waals surface area contributed by atoms with Gasteiger partial charge in [-0.3, -0.25) is 0 Å². The number of hydrogen-bond donors (Lipinski definition) is 1. The maximum Gasteiger partial charge on any atom is 0.394 e. The van der Waals surface area contributed by atoms with Crippen molar-refractivity contribution in [2.75, 3.05) is 6.61 Å². The third-order valence-corrected chi connectivity index (χ3v) is 5.19. The molecule has 1 N–H and O–H groups in total. The standard InChI is InChI=1S/C20H35O3P/c1-7-9-10-17(8-2)14-22-24(21)23-20-12-11-18(15(3)4)13-19(20)16(5)6/h11-13,15-17,21H,7-10,14H2,1-6H3. The van der Waals surface area contributed by atoms with Gasteiger partial charge < -0.3 is 13.9 Å². The van der Waals surface area contributed by atoms with Crippen LogP contribution in [0.5, 0.6) is 5.75 Å². The summed E-state index contributed by atoms with van der Waals surface area (Å²) in [6.07, 6.45) is 4.63. The third kappa shape index (κ3) is 7.09. The van der Waals surface area contributed by atoms with Crippen molar-refractivity contribution >= 4 is 8.60 Å². The molecule has 138 valence electrons. The zero-order chi connectivity index (χ0) is 18.1. The van der Waals surface area contributed by atoms with Crippen molar-refractivity contribution in [3.05, 3.63) is 29.3 Å². The molecule has 1 rings (SSSR count). The molecule has 0 aliphatic carbocycles. The summed E-state index contributed by atoms with van der Waals surface area (Å²) in [6.45, 7) is 13.6. The maximum atomic E-state index is 10.2. The Morgan fingerprint density at radius 3 is 2.33 bits per heavy atom. The van der Waals surface area contributed by atoms with Crippen LogP contribution in [0.4, 0.5) is 0 Å². The quantitative estimate of drug-likeness (QED) is 0.446. The fraction of sp³-hybridized carbons (Fsp3) is 0.700. The Hall–Kier alpha value is -0.630. The number of rotatable bonds is 11. The topological polar surface area (TPSA) is 38.7 Å². The molecule has 0 aliphatic rings. The molecular weight excluding hydrogens is 319 g/mol. The Balaban J connectivity index is 2.67. The van der Waals surface area contributed by atoms with Crippen LogP contribution >= 0.6 is 8.60 Å². The van der Waals surface area contributed by atoms with E-state index < -0.39 is 8.60 Å². The summed E-state index contributed by atoms with van der Waals surface area (Å²) < 4.78 is 11.3. The van der Waals surface area contributed by atoms with Crippen molar-refractivity contribution in [2.45, 2.75) is 79.1 Å². The van der Waals surface area contributed by atoms with E-state index in [1.54, 1.807) is 0 Å². The van der Waals surface area contributed by atoms with Gasteiger partial charge in [0.1, 0.15) is 5.75 Å². The molecule has 2 atom stereocenters. The summed E-state index contributed by atoms with van der Waals surface area (Å²) in [4.78, 5) is 10.2. The lowest BCUT2D eigenvalue weighted by molar-refractivity contribution is 0.204. The molecule has 2 unspecified atom stereocenters. The van der Waals surface area contributed by atoms with Gasteiger partial charge in [-0.05, 0) is 41.4 Å². The molecule has 3 nitrogen and oxygen atoms in total. The lowest BCUT2D eigenvalue weighted by Gasteiger charge is -2.20. The predicted molar refractivity (Wildman–Crippen MR) is 104 cm³/mol. The lowest BCUT2D eigenvalue weighted by Crippen LogP contribution is -2.08. The van der Waals surface area contributed by atoms with Crippen molar-refractivity contribution in [2.24, 2.45) is 5.92 Å². The molecule has 0 fully saturated rings. The molecule has 0 radical (unpaired) electrons. The predicted octanol–water partition coefficient (Wildman–Crippen LogP) is 6.76. The van der Waals surface area contributed by atoms with Crippen LogP contribution in [0.25, 0.3) is 0 Å². The van der Waals surface area contributed by atoms with E-state index in [9.17, 15) is 4.89 Å². The van der Waals surface area contributed by atoms with Crippen LogP contribution in [0.3, 0.4) is 0 Å². The summed E-state index contributed by atoms with van der Waals surface area (Å²) in [5, 5.41) is 0. The zero-order valence-electron chi connectivity index (χ0n) is 16.2. The Labute approximate surface area is 149 Å². The van der Waals surface area contributed by atoms with Crippen LogP contribution in [-0.2, 0) is 4.52 Å². The number of unbranched alkanes of at least 4 members (excludes halogenated alkanes) is 1. The van der Waals surface area contributed by atoms with Crippen molar-refractivity contribution in [3.8, 4) is 5.75 Å². The molecule has 0 saturated heterocycles. The first-order valence-corrected chi connectivity index (χ1v) is 10.5. The average molecular weight is 354 g/mol. The van der Waals surface area contributed by atoms with Crippen LogP contribution in [0.1, 0.15) is 90.2 Å². The summed E-state index contributed by atoms with van der Waals surface area (Å²) in [6, 6.07) is 6.23. The lowest BCUT2D eigenvalue weighted by atomic mass is 9.95. The molecular formula is C20H35O3P. The highest BCUT2D eigenvalue weighted by Gasteiger charge is 2.17. The number of hydrogen-bond acceptors (Lipinski definition) is 3. The van der Waals surface area contributed by atoms with E-state index in [4.69, 9.17) is 9.05 Å². The zero-order valence-corrected chi connectivity index (χ0v) is 17.1. The monoisotopic (exact) mass is 354 g/mol. The van der Waals surface area contributed by atoms with Gasteiger partial charge in [0.05, 0.1) is 6.61 Å². The van der Waals surface area contributed by atoms with Gasteiger partial charge >= 0.3 is 8.60 Å². The first-order chi connectivity index (χ1) is 11.4. The fourth-order valence-electron chi connectivity index (χ4n) is 2.64. The minimum atomic E-state index is -1.88. The van der Waals surface area contributed by atoms with Crippen LogP contribution in [0.2, 0.25) is 0 Å². The second-order valence-electron chi connectivity index (χ2n) is 7.15. The Morgan fingerprint density at radius 1 is 1.08 bits per heavy atom. The minimum Gasteiger partial charge on any atom is -0.427 e. The molecule has 0 heterocycles. The fourth-order valence-corrected chi connectivity index (χ4v) is 3.36. The molecule has 0 bridgehead atoms. The molecule has 0 saturated carbocycles. The van der Waals surface area contributed by atoms with Crippen molar-refractivity contribution in [3.63, 3.8) is 0 Å². The minimum absolute atomic E-state index is 0.343. The molecule has 24 heavy (non-hydrogen) atoms. The highest BCUT2D eigenvalue weighted by atomic mass is 31.2. The summed E-state index contributed by atoms with van der Waals surface area (Å²) in [7, 11) is -1.88. The van der Waals surface area contributed by atoms with Gasteiger partial charge in [0.2, 0.25) is 0 Å². The van der Waals surface area contributed by atoms with Crippen LogP contribution in [0.15, 0.2) is 18.2 Å². The Morgan fingerprint density at radius 2 is 1.79 bits per heavy atom. The third-order valence-electron chi connectivity index (χ3n) is 4.46. The molecule has 0 amide bonds. The van der Waals surface area contributed by atoms with Gasteiger partial charge in [-0.2, -0.15) is 0 Å². The van der Waals surface area contributed by atoms with Crippen molar-refractivity contribution < 1.29 is 13.9 Å². The van der Waals surface area contributed by atoms with Gasteiger partial charge in [0.15, 0.2) is 0 Å². The largest absolute Gasteiger partial charge is 0.427 e. The van der Waals surface area contributed by atoms with E-state index in [1.807, 2.05) is 6.07 Å². The second kappa shape index (κ2) is 11.1. The number of benzene rings is 1. The van der Waals surface area contributed by atoms with E-state index in [0.717, 1.165) is 24.2 Å². The Bertz CT molecular complexity index is 474. The van der Waals surface area contributed by atoms with E-state index in [0.29, 0.717) is 24.4 Å². The van der Waals surface area contributed by atoms with E-state index in [-0.39, 0.29) is 0 Å². The maximum absolute atomic E-state index is 10.2. The molecule has 1 aromatic carbocycles. The summed E-state index contributed by atoms with van der Waals surface area (Å²) in [5.41, 5.74) is 2.42. The molecule has 4 heteroatoms. The second-order valence-corrected chi connectivity index (χ2v) is 8.06. The van der Waals surface area contributed by atoms with Gasteiger partial charge in [-0.15, -0.1) is 0 Å². The summed E-state index contributed by atoms with van der Waals surface area (Å²) in [5.74, 6) is 2.06. The average Bonchev–Trinajstić information content (AvgIpc) is 2.55. The van der Waals surface area contributed by atoms with E-state index >= 15 is 0 Å². The first kappa shape index (κ1) is 21.4. The molecule has 0 aromatic heterocycles. The van der Waals surface area contributed by atoms with Crippen LogP contribution in [-0.4, -0.2) is 11.5 Å². The summed E-state index contributed by atoms with van der Waals surface area (Å²) >= 11 is 0. The first-order valence-electron chi connectivity index (χ1n) is 9.32. The SMILES string of the molecule is CCCCC(CC)COP(O)Oc1ccc(C(C)C)cc1C(C)C. The molecule has 0 aliphatic heterocycles. The van der Waals surface area contributed by atoms with Gasteiger partial charge in [0.25, 0.3) is 0 Å². The van der Waals surface area contributed by atoms with Crippen LogP contribution in [0, 0.1) is 5.92 Å². The van der Waals surface area contributed by atoms with Gasteiger partial charge in [-0.1, -0.05) is 72.9 Å². The van der Waals surface area contributed by atoms with Gasteiger partial charge in [-0.25, -0.2) is 0 Å². The molecule has 1 aromatic rings. The van der Waals surface area contributed by atoms with E-state index in [2.05, 4.69) is 53.7 Å². The van der Waals surface area contributed by atoms with E-state index in [1.165, 1.54) is 18.4 Å². The highest BCUT2D eigenvalue weighted by molar-refractivity contribution is 7.41. The van der Waals surface area contributed by atoms with Crippen LogP contribution < -0.4 is 4.52 Å². The smallest absolute Gasteiger partial charge is 0.394 e. The van der Waals surface area contributed by atoms with Gasteiger partial charge in [0, 0.05) is 0 Å². The van der Waals surface area contributed by atoms with Crippen molar-refractivity contribution in [1.82, 2.24) is 0 Å².